The Morgan fingerprint density at radius 2 is 1.69 bits per heavy atom. The molecule has 0 aromatic heterocycles. The van der Waals surface area contributed by atoms with E-state index in [2.05, 4.69) is 58.1 Å². The highest BCUT2D eigenvalue weighted by Crippen LogP contribution is 2.25. The van der Waals surface area contributed by atoms with Gasteiger partial charge >= 0.3 is 0 Å². The largest absolute Gasteiger partial charge is 0.494 e. The Kier molecular flexibility index (Phi) is 7.26. The molecule has 3 nitrogen and oxygen atoms in total. The Morgan fingerprint density at radius 1 is 1.00 bits per heavy atom. The predicted octanol–water partition coefficient (Wildman–Crippen LogP) is 6.04. The van der Waals surface area contributed by atoms with Gasteiger partial charge in [-0.05, 0) is 60.1 Å². The number of aryl methyl sites for hydroxylation is 1. The highest BCUT2D eigenvalue weighted by molar-refractivity contribution is 5.91. The summed E-state index contributed by atoms with van der Waals surface area (Å²) >= 11 is 0. The molecule has 0 unspecified atom stereocenters. The van der Waals surface area contributed by atoms with Crippen LogP contribution in [0.25, 0.3) is 0 Å². The zero-order valence-corrected chi connectivity index (χ0v) is 16.6. The minimum atomic E-state index is 0.0352. The molecule has 2 aromatic rings. The molecule has 3 heteroatoms. The van der Waals surface area contributed by atoms with Crippen LogP contribution in [0.5, 0.6) is 5.75 Å². The first-order chi connectivity index (χ1) is 12.4. The molecule has 2 rings (SSSR count). The minimum Gasteiger partial charge on any atom is -0.494 e. The summed E-state index contributed by atoms with van der Waals surface area (Å²) in [5.74, 6) is 1.80. The van der Waals surface area contributed by atoms with Crippen LogP contribution in [0, 0.1) is 6.92 Å². The van der Waals surface area contributed by atoms with E-state index in [0.29, 0.717) is 31.3 Å². The second kappa shape index (κ2) is 9.42. The smallest absolute Gasteiger partial charge is 0.224 e. The van der Waals surface area contributed by atoms with Crippen LogP contribution in [0.3, 0.4) is 0 Å². The van der Waals surface area contributed by atoms with Gasteiger partial charge < -0.3 is 10.1 Å². The third-order valence-corrected chi connectivity index (χ3v) is 4.54. The van der Waals surface area contributed by atoms with E-state index in [1.807, 2.05) is 24.3 Å². The maximum absolute atomic E-state index is 12.2. The fourth-order valence-corrected chi connectivity index (χ4v) is 3.14. The normalized spacial score (nSPS) is 11.0. The van der Waals surface area contributed by atoms with Crippen LogP contribution in [0.2, 0.25) is 0 Å². The Balaban J connectivity index is 1.80. The number of ether oxygens (including phenoxy) is 1. The van der Waals surface area contributed by atoms with Crippen molar-refractivity contribution >= 4 is 11.6 Å². The van der Waals surface area contributed by atoms with Crippen LogP contribution in [-0.2, 0) is 4.79 Å². The lowest BCUT2D eigenvalue weighted by Crippen LogP contribution is -2.14. The quantitative estimate of drug-likeness (QED) is 0.588. The maximum Gasteiger partial charge on any atom is 0.224 e. The van der Waals surface area contributed by atoms with E-state index < -0.39 is 0 Å². The molecular formula is C23H31NO2. The van der Waals surface area contributed by atoms with Crippen molar-refractivity contribution in [3.63, 3.8) is 0 Å². The average molecular weight is 354 g/mol. The molecule has 140 valence electrons. The van der Waals surface area contributed by atoms with Crippen LogP contribution < -0.4 is 10.1 Å². The van der Waals surface area contributed by atoms with Crippen molar-refractivity contribution in [3.05, 3.63) is 59.2 Å². The molecule has 0 aliphatic carbocycles. The van der Waals surface area contributed by atoms with Gasteiger partial charge in [-0.15, -0.1) is 0 Å². The van der Waals surface area contributed by atoms with Gasteiger partial charge in [-0.25, -0.2) is 0 Å². The predicted molar refractivity (Wildman–Crippen MR) is 109 cm³/mol. The summed E-state index contributed by atoms with van der Waals surface area (Å²) in [5.41, 5.74) is 4.67. The first-order valence-corrected chi connectivity index (χ1v) is 9.50. The molecule has 1 N–H and O–H groups in total. The Labute approximate surface area is 157 Å². The van der Waals surface area contributed by atoms with Gasteiger partial charge in [0.2, 0.25) is 5.91 Å². The van der Waals surface area contributed by atoms with Crippen molar-refractivity contribution in [1.29, 1.82) is 0 Å². The van der Waals surface area contributed by atoms with E-state index >= 15 is 0 Å². The molecule has 0 atom stereocenters. The third-order valence-electron chi connectivity index (χ3n) is 4.54. The van der Waals surface area contributed by atoms with Crippen molar-refractivity contribution in [1.82, 2.24) is 0 Å². The molecule has 26 heavy (non-hydrogen) atoms. The number of benzene rings is 2. The number of hydrogen-bond acceptors (Lipinski definition) is 2. The lowest BCUT2D eigenvalue weighted by molar-refractivity contribution is -0.116. The number of carbonyl (C=O) groups is 1. The van der Waals surface area contributed by atoms with Gasteiger partial charge in [0.1, 0.15) is 5.75 Å². The number of rotatable bonds is 8. The summed E-state index contributed by atoms with van der Waals surface area (Å²) < 4.78 is 5.80. The first-order valence-electron chi connectivity index (χ1n) is 9.50. The van der Waals surface area contributed by atoms with Crippen molar-refractivity contribution in [2.24, 2.45) is 0 Å². The van der Waals surface area contributed by atoms with Gasteiger partial charge in [-0.2, -0.15) is 0 Å². The second-order valence-corrected chi connectivity index (χ2v) is 7.42. The third kappa shape index (κ3) is 5.62. The molecule has 0 aliphatic heterocycles. The zero-order chi connectivity index (χ0) is 19.1. The van der Waals surface area contributed by atoms with Crippen molar-refractivity contribution < 1.29 is 9.53 Å². The monoisotopic (exact) mass is 353 g/mol. The minimum absolute atomic E-state index is 0.0352. The highest BCUT2D eigenvalue weighted by Gasteiger charge is 2.09. The zero-order valence-electron chi connectivity index (χ0n) is 16.6. The van der Waals surface area contributed by atoms with E-state index in [1.54, 1.807) is 0 Å². The van der Waals surface area contributed by atoms with E-state index in [4.69, 9.17) is 4.74 Å². The van der Waals surface area contributed by atoms with Crippen LogP contribution in [-0.4, -0.2) is 12.5 Å². The number of para-hydroxylation sites is 1. The SMILES string of the molecule is Cc1cc(OCCCC(=O)Nc2ccccc2C(C)C)ccc1C(C)C. The molecule has 0 radical (unpaired) electrons. The van der Waals surface area contributed by atoms with Crippen LogP contribution in [0.1, 0.15) is 69.1 Å². The van der Waals surface area contributed by atoms with Gasteiger partial charge in [0.05, 0.1) is 6.61 Å². The summed E-state index contributed by atoms with van der Waals surface area (Å²) in [5, 5.41) is 3.03. The van der Waals surface area contributed by atoms with E-state index in [0.717, 1.165) is 17.0 Å². The van der Waals surface area contributed by atoms with Gasteiger partial charge in [-0.3, -0.25) is 4.79 Å². The molecule has 0 spiro atoms. The lowest BCUT2D eigenvalue weighted by atomic mass is 9.98. The summed E-state index contributed by atoms with van der Waals surface area (Å²) in [4.78, 5) is 12.2. The Bertz CT molecular complexity index is 735. The topological polar surface area (TPSA) is 38.3 Å². The van der Waals surface area contributed by atoms with Crippen molar-refractivity contribution in [2.75, 3.05) is 11.9 Å². The number of hydrogen-bond donors (Lipinski definition) is 1. The molecule has 2 aromatic carbocycles. The molecule has 0 heterocycles. The number of nitrogens with one attached hydrogen (secondary N) is 1. The summed E-state index contributed by atoms with van der Waals surface area (Å²) in [7, 11) is 0. The molecule has 1 amide bonds. The molecular weight excluding hydrogens is 322 g/mol. The molecule has 0 bridgehead atoms. The molecule has 0 fully saturated rings. The maximum atomic E-state index is 12.2. The standard InChI is InChI=1S/C23H31NO2/c1-16(2)20-13-12-19(15-18(20)5)26-14-8-11-23(25)24-22-10-7-6-9-21(22)17(3)4/h6-7,9-10,12-13,15-17H,8,11,14H2,1-5H3,(H,24,25). The first kappa shape index (κ1) is 20.0. The lowest BCUT2D eigenvalue weighted by Gasteiger charge is -2.14. The van der Waals surface area contributed by atoms with Gasteiger partial charge in [0, 0.05) is 12.1 Å². The Hall–Kier alpha value is -2.29. The van der Waals surface area contributed by atoms with Gasteiger partial charge in [-0.1, -0.05) is 52.0 Å². The van der Waals surface area contributed by atoms with Gasteiger partial charge in [0.25, 0.3) is 0 Å². The fourth-order valence-electron chi connectivity index (χ4n) is 3.14. The van der Waals surface area contributed by atoms with E-state index in [9.17, 15) is 4.79 Å². The van der Waals surface area contributed by atoms with Crippen molar-refractivity contribution in [3.8, 4) is 5.75 Å². The van der Waals surface area contributed by atoms with Crippen LogP contribution in [0.4, 0.5) is 5.69 Å². The van der Waals surface area contributed by atoms with E-state index in [-0.39, 0.29) is 5.91 Å². The average Bonchev–Trinajstić information content (AvgIpc) is 2.58. The summed E-state index contributed by atoms with van der Waals surface area (Å²) in [6, 6.07) is 14.2. The fraction of sp³-hybridized carbons (Fsp3) is 0.435. The molecule has 0 saturated heterocycles. The van der Waals surface area contributed by atoms with Gasteiger partial charge in [0.15, 0.2) is 0 Å². The molecule has 0 saturated carbocycles. The second-order valence-electron chi connectivity index (χ2n) is 7.42. The van der Waals surface area contributed by atoms with Crippen molar-refractivity contribution in [2.45, 2.75) is 59.3 Å². The summed E-state index contributed by atoms with van der Waals surface area (Å²) in [6.45, 7) is 11.3. The van der Waals surface area contributed by atoms with E-state index in [1.165, 1.54) is 11.1 Å². The summed E-state index contributed by atoms with van der Waals surface area (Å²) in [6.07, 6.45) is 1.15. The number of amides is 1. The highest BCUT2D eigenvalue weighted by atomic mass is 16.5. The number of carbonyl (C=O) groups excluding carboxylic acids is 1. The van der Waals surface area contributed by atoms with Crippen LogP contribution >= 0.6 is 0 Å². The van der Waals surface area contributed by atoms with Crippen LogP contribution in [0.15, 0.2) is 42.5 Å². The molecule has 0 aliphatic rings. The Morgan fingerprint density at radius 3 is 2.35 bits per heavy atom. The number of anilines is 1.